The van der Waals surface area contributed by atoms with E-state index in [9.17, 15) is 13.5 Å². The van der Waals surface area contributed by atoms with Crippen molar-refractivity contribution in [2.24, 2.45) is 0 Å². The minimum absolute atomic E-state index is 0.0225. The van der Waals surface area contributed by atoms with E-state index in [1.54, 1.807) is 0 Å². The first-order chi connectivity index (χ1) is 7.82. The average Bonchev–Trinajstić information content (AvgIpc) is 2.27. The van der Waals surface area contributed by atoms with Gasteiger partial charge < -0.3 is 14.6 Å². The number of aliphatic hydroxyl groups is 1. The summed E-state index contributed by atoms with van der Waals surface area (Å²) >= 11 is 0. The van der Waals surface area contributed by atoms with Crippen LogP contribution in [-0.2, 0) is 9.84 Å². The van der Waals surface area contributed by atoms with E-state index >= 15 is 0 Å². The Hall–Kier alpha value is -1.27. The van der Waals surface area contributed by atoms with Gasteiger partial charge in [-0.3, -0.25) is 0 Å². The largest absolute Gasteiger partial charge is 0.486 e. The molecular formula is C11H14O5S. The van der Waals surface area contributed by atoms with Gasteiger partial charge in [-0.2, -0.15) is 0 Å². The number of hydrogen-bond donors (Lipinski definition) is 1. The van der Waals surface area contributed by atoms with Gasteiger partial charge in [0, 0.05) is 6.07 Å². The highest BCUT2D eigenvalue weighted by Crippen LogP contribution is 2.34. The van der Waals surface area contributed by atoms with E-state index in [0.29, 0.717) is 24.7 Å². The predicted molar refractivity (Wildman–Crippen MR) is 60.9 cm³/mol. The van der Waals surface area contributed by atoms with Crippen molar-refractivity contribution in [1.82, 2.24) is 0 Å². The van der Waals surface area contributed by atoms with Crippen LogP contribution in [0.4, 0.5) is 0 Å². The number of benzene rings is 1. The van der Waals surface area contributed by atoms with Crippen LogP contribution in [0.5, 0.6) is 11.5 Å². The average molecular weight is 258 g/mol. The molecular weight excluding hydrogens is 244 g/mol. The quantitative estimate of drug-likeness (QED) is 0.855. The molecule has 5 nitrogen and oxygen atoms in total. The summed E-state index contributed by atoms with van der Waals surface area (Å²) in [5.41, 5.74) is 0. The number of ether oxygens (including phenoxy) is 2. The molecule has 1 aliphatic heterocycles. The maximum atomic E-state index is 12.0. The first-order valence-electron chi connectivity index (χ1n) is 5.19. The van der Waals surface area contributed by atoms with Gasteiger partial charge in [0.2, 0.25) is 9.84 Å². The van der Waals surface area contributed by atoms with Crippen molar-refractivity contribution in [3.8, 4) is 11.5 Å². The lowest BCUT2D eigenvalue weighted by Crippen LogP contribution is -2.31. The molecule has 0 fully saturated rings. The summed E-state index contributed by atoms with van der Waals surface area (Å²) in [6.07, 6.45) is 0. The van der Waals surface area contributed by atoms with E-state index in [2.05, 4.69) is 0 Å². The van der Waals surface area contributed by atoms with Crippen LogP contribution in [0, 0.1) is 0 Å². The summed E-state index contributed by atoms with van der Waals surface area (Å²) in [6, 6.07) is 4.32. The van der Waals surface area contributed by atoms with Gasteiger partial charge in [-0.25, -0.2) is 8.42 Å². The first kappa shape index (κ1) is 12.2. The van der Waals surface area contributed by atoms with E-state index < -0.39 is 14.8 Å². The molecule has 0 radical (unpaired) electrons. The lowest BCUT2D eigenvalue weighted by molar-refractivity contribution is 0.164. The van der Waals surface area contributed by atoms with Gasteiger partial charge >= 0.3 is 0 Å². The summed E-state index contributed by atoms with van der Waals surface area (Å²) in [4.78, 5) is -1.80. The SMILES string of the molecule is CC(C)(O)S(=O)(=O)c1ccc2c(c1)OCCO2. The minimum atomic E-state index is -3.79. The zero-order chi connectivity index (χ0) is 12.7. The Bertz CT molecular complexity index is 527. The van der Waals surface area contributed by atoms with Crippen LogP contribution < -0.4 is 9.47 Å². The molecule has 1 N–H and O–H groups in total. The van der Waals surface area contributed by atoms with Crippen molar-refractivity contribution in [3.05, 3.63) is 18.2 Å². The molecule has 0 spiro atoms. The van der Waals surface area contributed by atoms with Crippen LogP contribution in [0.15, 0.2) is 23.1 Å². The van der Waals surface area contributed by atoms with Gasteiger partial charge in [0.15, 0.2) is 16.4 Å². The monoisotopic (exact) mass is 258 g/mol. The highest BCUT2D eigenvalue weighted by Gasteiger charge is 2.34. The fourth-order valence-electron chi connectivity index (χ4n) is 1.48. The Kier molecular flexibility index (Phi) is 2.79. The highest BCUT2D eigenvalue weighted by atomic mass is 32.2. The molecule has 0 saturated carbocycles. The molecule has 2 rings (SSSR count). The van der Waals surface area contributed by atoms with Gasteiger partial charge in [0.1, 0.15) is 13.2 Å². The van der Waals surface area contributed by atoms with Crippen molar-refractivity contribution in [2.45, 2.75) is 23.7 Å². The van der Waals surface area contributed by atoms with Crippen LogP contribution >= 0.6 is 0 Å². The maximum Gasteiger partial charge on any atom is 0.207 e. The Morgan fingerprint density at radius 3 is 2.35 bits per heavy atom. The minimum Gasteiger partial charge on any atom is -0.486 e. The van der Waals surface area contributed by atoms with Crippen molar-refractivity contribution in [3.63, 3.8) is 0 Å². The van der Waals surface area contributed by atoms with Gasteiger partial charge in [-0.15, -0.1) is 0 Å². The fraction of sp³-hybridized carbons (Fsp3) is 0.455. The number of rotatable bonds is 2. The predicted octanol–water partition coefficient (Wildman–Crippen LogP) is 0.960. The van der Waals surface area contributed by atoms with Gasteiger partial charge in [0.05, 0.1) is 4.90 Å². The van der Waals surface area contributed by atoms with Crippen LogP contribution in [0.3, 0.4) is 0 Å². The normalized spacial score (nSPS) is 15.7. The Morgan fingerprint density at radius 2 is 1.76 bits per heavy atom. The molecule has 0 atom stereocenters. The van der Waals surface area contributed by atoms with Gasteiger partial charge in [-0.1, -0.05) is 0 Å². The standard InChI is InChI=1S/C11H14O5S/c1-11(2,12)17(13,14)8-3-4-9-10(7-8)16-6-5-15-9/h3-4,7,12H,5-6H2,1-2H3. The second kappa shape index (κ2) is 3.89. The van der Waals surface area contributed by atoms with Crippen LogP contribution in [-0.4, -0.2) is 31.7 Å². The molecule has 0 saturated heterocycles. The van der Waals surface area contributed by atoms with Gasteiger partial charge in [-0.05, 0) is 26.0 Å². The summed E-state index contributed by atoms with van der Waals surface area (Å²) in [5.74, 6) is 0.910. The summed E-state index contributed by atoms with van der Waals surface area (Å²) in [7, 11) is -3.79. The third kappa shape index (κ3) is 2.10. The van der Waals surface area contributed by atoms with E-state index in [4.69, 9.17) is 9.47 Å². The van der Waals surface area contributed by atoms with E-state index in [0.717, 1.165) is 0 Å². The molecule has 0 unspecified atom stereocenters. The summed E-state index contributed by atoms with van der Waals surface area (Å²) in [6.45, 7) is 3.31. The smallest absolute Gasteiger partial charge is 0.207 e. The lowest BCUT2D eigenvalue weighted by Gasteiger charge is -2.21. The van der Waals surface area contributed by atoms with E-state index in [1.165, 1.54) is 32.0 Å². The molecule has 0 amide bonds. The maximum absolute atomic E-state index is 12.0. The molecule has 94 valence electrons. The lowest BCUT2D eigenvalue weighted by atomic mass is 10.3. The van der Waals surface area contributed by atoms with Crippen molar-refractivity contribution in [1.29, 1.82) is 0 Å². The topological polar surface area (TPSA) is 72.8 Å². The second-order valence-electron chi connectivity index (χ2n) is 4.26. The first-order valence-corrected chi connectivity index (χ1v) is 6.67. The molecule has 0 aliphatic carbocycles. The van der Waals surface area contributed by atoms with Crippen LogP contribution in [0.2, 0.25) is 0 Å². The van der Waals surface area contributed by atoms with Crippen LogP contribution in [0.1, 0.15) is 13.8 Å². The number of sulfone groups is 1. The molecule has 6 heteroatoms. The van der Waals surface area contributed by atoms with Crippen LogP contribution in [0.25, 0.3) is 0 Å². The second-order valence-corrected chi connectivity index (χ2v) is 6.73. The highest BCUT2D eigenvalue weighted by molar-refractivity contribution is 7.92. The Labute approximate surface area is 99.9 Å². The van der Waals surface area contributed by atoms with Crippen molar-refractivity contribution >= 4 is 9.84 Å². The molecule has 1 aromatic carbocycles. The van der Waals surface area contributed by atoms with Crippen molar-refractivity contribution in [2.75, 3.05) is 13.2 Å². The van der Waals surface area contributed by atoms with E-state index in [1.807, 2.05) is 0 Å². The number of hydrogen-bond acceptors (Lipinski definition) is 5. The molecule has 1 aliphatic rings. The van der Waals surface area contributed by atoms with Gasteiger partial charge in [0.25, 0.3) is 0 Å². The fourth-order valence-corrected chi connectivity index (χ4v) is 2.57. The molecule has 17 heavy (non-hydrogen) atoms. The molecule has 1 aromatic rings. The Balaban J connectivity index is 2.48. The molecule has 0 bridgehead atoms. The van der Waals surface area contributed by atoms with Crippen molar-refractivity contribution < 1.29 is 23.0 Å². The summed E-state index contributed by atoms with van der Waals surface area (Å²) in [5, 5.41) is 9.64. The molecule has 0 aromatic heterocycles. The van der Waals surface area contributed by atoms with E-state index in [-0.39, 0.29) is 4.90 Å². The zero-order valence-corrected chi connectivity index (χ0v) is 10.5. The zero-order valence-electron chi connectivity index (χ0n) is 9.63. The molecule has 1 heterocycles. The number of fused-ring (bicyclic) bond motifs is 1. The third-order valence-corrected chi connectivity index (χ3v) is 4.67. The summed E-state index contributed by atoms with van der Waals surface area (Å²) < 4.78 is 34.6. The Morgan fingerprint density at radius 1 is 1.18 bits per heavy atom. The third-order valence-electron chi connectivity index (χ3n) is 2.48.